The average Bonchev–Trinajstić information content (AvgIpc) is 2.60. The first-order chi connectivity index (χ1) is 11.2. The average molecular weight is 320 g/mol. The van der Waals surface area contributed by atoms with Crippen molar-refractivity contribution in [2.45, 2.75) is 38.7 Å². The topological polar surface area (TPSA) is 64.8 Å². The van der Waals surface area contributed by atoms with Gasteiger partial charge in [-0.15, -0.1) is 0 Å². The molecule has 0 spiro atoms. The van der Waals surface area contributed by atoms with Crippen molar-refractivity contribution in [2.75, 3.05) is 32.8 Å². The minimum Gasteiger partial charge on any atom is -0.494 e. The first-order valence-electron chi connectivity index (χ1n) is 8.58. The second-order valence-corrected chi connectivity index (χ2v) is 5.88. The molecule has 0 radical (unpaired) electrons. The van der Waals surface area contributed by atoms with E-state index in [-0.39, 0.29) is 12.0 Å². The number of rotatable bonds is 8. The molecule has 1 fully saturated rings. The smallest absolute Gasteiger partial charge is 0.253 e. The Morgan fingerprint density at radius 2 is 2.09 bits per heavy atom. The van der Waals surface area contributed by atoms with E-state index < -0.39 is 0 Å². The first-order valence-corrected chi connectivity index (χ1v) is 8.58. The van der Waals surface area contributed by atoms with Gasteiger partial charge in [-0.2, -0.15) is 0 Å². The molecule has 23 heavy (non-hydrogen) atoms. The largest absolute Gasteiger partial charge is 0.494 e. The van der Waals surface area contributed by atoms with Gasteiger partial charge in [0.2, 0.25) is 0 Å². The van der Waals surface area contributed by atoms with Gasteiger partial charge in [0.1, 0.15) is 5.75 Å². The predicted octanol–water partition coefficient (Wildman–Crippen LogP) is 2.45. The number of likely N-dealkylation sites (tertiary alicyclic amines) is 1. The Labute approximate surface area is 138 Å². The number of carbonyl (C=O) groups is 1. The van der Waals surface area contributed by atoms with E-state index in [4.69, 9.17) is 15.2 Å². The monoisotopic (exact) mass is 320 g/mol. The van der Waals surface area contributed by atoms with Crippen molar-refractivity contribution in [3.63, 3.8) is 0 Å². The molecular formula is C18H28N2O3. The van der Waals surface area contributed by atoms with Crippen molar-refractivity contribution in [2.24, 2.45) is 5.73 Å². The summed E-state index contributed by atoms with van der Waals surface area (Å²) in [4.78, 5) is 14.5. The van der Waals surface area contributed by atoms with Gasteiger partial charge < -0.3 is 20.1 Å². The third-order valence-corrected chi connectivity index (χ3v) is 3.99. The Morgan fingerprint density at radius 1 is 1.30 bits per heavy atom. The molecule has 128 valence electrons. The summed E-state index contributed by atoms with van der Waals surface area (Å²) in [5.74, 6) is 0.838. The second kappa shape index (κ2) is 9.53. The van der Waals surface area contributed by atoms with E-state index in [2.05, 4.69) is 6.92 Å². The lowest BCUT2D eigenvalue weighted by Crippen LogP contribution is -2.41. The Kier molecular flexibility index (Phi) is 7.36. The molecule has 0 aliphatic carbocycles. The number of nitrogens with zero attached hydrogens (tertiary/aromatic N) is 1. The third-order valence-electron chi connectivity index (χ3n) is 3.99. The van der Waals surface area contributed by atoms with Crippen molar-refractivity contribution >= 4 is 5.91 Å². The van der Waals surface area contributed by atoms with E-state index >= 15 is 0 Å². The van der Waals surface area contributed by atoms with Crippen LogP contribution in [-0.2, 0) is 4.74 Å². The lowest BCUT2D eigenvalue weighted by atomic mass is 10.1. The van der Waals surface area contributed by atoms with E-state index in [1.54, 1.807) is 0 Å². The number of benzene rings is 1. The minimum atomic E-state index is 0.0763. The van der Waals surface area contributed by atoms with Crippen LogP contribution in [-0.4, -0.2) is 49.8 Å². The van der Waals surface area contributed by atoms with Gasteiger partial charge in [-0.25, -0.2) is 0 Å². The second-order valence-electron chi connectivity index (χ2n) is 5.88. The molecule has 1 aromatic rings. The fourth-order valence-electron chi connectivity index (χ4n) is 2.68. The zero-order chi connectivity index (χ0) is 16.5. The summed E-state index contributed by atoms with van der Waals surface area (Å²) in [6, 6.07) is 7.46. The predicted molar refractivity (Wildman–Crippen MR) is 90.8 cm³/mol. The maximum absolute atomic E-state index is 12.6. The van der Waals surface area contributed by atoms with Crippen molar-refractivity contribution in [1.29, 1.82) is 0 Å². The van der Waals surface area contributed by atoms with Crippen LogP contribution < -0.4 is 10.5 Å². The van der Waals surface area contributed by atoms with Gasteiger partial charge in [-0.3, -0.25) is 4.79 Å². The van der Waals surface area contributed by atoms with Crippen molar-refractivity contribution < 1.29 is 14.3 Å². The highest BCUT2D eigenvalue weighted by Crippen LogP contribution is 2.19. The Balaban J connectivity index is 1.84. The number of ether oxygens (including phenoxy) is 2. The molecule has 2 N–H and O–H groups in total. The van der Waals surface area contributed by atoms with Crippen LogP contribution in [0.5, 0.6) is 5.75 Å². The Morgan fingerprint density at radius 3 is 2.78 bits per heavy atom. The molecule has 0 bridgehead atoms. The molecule has 1 heterocycles. The first kappa shape index (κ1) is 17.8. The fourth-order valence-corrected chi connectivity index (χ4v) is 2.68. The molecule has 0 saturated carbocycles. The summed E-state index contributed by atoms with van der Waals surface area (Å²) in [5, 5.41) is 0. The number of carbonyl (C=O) groups excluding carboxylic acids is 1. The zero-order valence-corrected chi connectivity index (χ0v) is 14.0. The Bertz CT molecular complexity index is 485. The SMILES string of the molecule is CCCOc1cccc(C(=O)N2CCC(OCCCN)CC2)c1. The normalized spacial score (nSPS) is 15.7. The molecule has 1 aliphatic rings. The molecule has 1 aliphatic heterocycles. The quantitative estimate of drug-likeness (QED) is 0.747. The molecular weight excluding hydrogens is 292 g/mol. The van der Waals surface area contributed by atoms with E-state index in [1.165, 1.54) is 0 Å². The summed E-state index contributed by atoms with van der Waals surface area (Å²) in [6.45, 7) is 5.59. The van der Waals surface area contributed by atoms with E-state index in [0.29, 0.717) is 25.3 Å². The number of piperidine rings is 1. The highest BCUT2D eigenvalue weighted by molar-refractivity contribution is 5.94. The van der Waals surface area contributed by atoms with Gasteiger partial charge in [0, 0.05) is 25.3 Å². The van der Waals surface area contributed by atoms with Gasteiger partial charge in [0.25, 0.3) is 5.91 Å². The molecule has 0 aromatic heterocycles. The van der Waals surface area contributed by atoms with Crippen LogP contribution >= 0.6 is 0 Å². The van der Waals surface area contributed by atoms with E-state index in [9.17, 15) is 4.79 Å². The summed E-state index contributed by atoms with van der Waals surface area (Å²) < 4.78 is 11.4. The van der Waals surface area contributed by atoms with Gasteiger partial charge >= 0.3 is 0 Å². The van der Waals surface area contributed by atoms with Gasteiger partial charge in [-0.05, 0) is 50.4 Å². The third kappa shape index (κ3) is 5.52. The van der Waals surface area contributed by atoms with Crippen LogP contribution in [0.4, 0.5) is 0 Å². The summed E-state index contributed by atoms with van der Waals surface area (Å²) in [5.41, 5.74) is 6.17. The molecule has 2 rings (SSSR count). The Hall–Kier alpha value is -1.59. The van der Waals surface area contributed by atoms with Gasteiger partial charge in [-0.1, -0.05) is 13.0 Å². The van der Waals surface area contributed by atoms with E-state index in [0.717, 1.165) is 44.5 Å². The number of amides is 1. The molecule has 1 aromatic carbocycles. The number of hydrogen-bond acceptors (Lipinski definition) is 4. The number of nitrogens with two attached hydrogens (primary N) is 1. The van der Waals surface area contributed by atoms with Gasteiger partial charge in [0.05, 0.1) is 12.7 Å². The maximum Gasteiger partial charge on any atom is 0.253 e. The molecule has 1 amide bonds. The number of hydrogen-bond donors (Lipinski definition) is 1. The van der Waals surface area contributed by atoms with Crippen molar-refractivity contribution in [3.8, 4) is 5.75 Å². The van der Waals surface area contributed by atoms with Crippen LogP contribution in [0.15, 0.2) is 24.3 Å². The van der Waals surface area contributed by atoms with Crippen LogP contribution in [0.3, 0.4) is 0 Å². The van der Waals surface area contributed by atoms with E-state index in [1.807, 2.05) is 29.2 Å². The van der Waals surface area contributed by atoms with Gasteiger partial charge in [0.15, 0.2) is 0 Å². The van der Waals surface area contributed by atoms with Crippen molar-refractivity contribution in [1.82, 2.24) is 4.90 Å². The minimum absolute atomic E-state index is 0.0763. The molecule has 0 unspecified atom stereocenters. The molecule has 5 heteroatoms. The molecule has 1 saturated heterocycles. The molecule has 5 nitrogen and oxygen atoms in total. The fraction of sp³-hybridized carbons (Fsp3) is 0.611. The molecule has 0 atom stereocenters. The summed E-state index contributed by atoms with van der Waals surface area (Å²) in [7, 11) is 0. The highest BCUT2D eigenvalue weighted by Gasteiger charge is 2.24. The van der Waals surface area contributed by atoms with Crippen LogP contribution in [0.1, 0.15) is 43.0 Å². The lowest BCUT2D eigenvalue weighted by Gasteiger charge is -2.32. The van der Waals surface area contributed by atoms with Crippen LogP contribution in [0.2, 0.25) is 0 Å². The summed E-state index contributed by atoms with van der Waals surface area (Å²) >= 11 is 0. The standard InChI is InChI=1S/C18H28N2O3/c1-2-12-22-17-6-3-5-15(14-17)18(21)20-10-7-16(8-11-20)23-13-4-9-19/h3,5-6,14,16H,2,4,7-13,19H2,1H3. The van der Waals surface area contributed by atoms with Crippen molar-refractivity contribution in [3.05, 3.63) is 29.8 Å². The van der Waals surface area contributed by atoms with Crippen LogP contribution in [0.25, 0.3) is 0 Å². The summed E-state index contributed by atoms with van der Waals surface area (Å²) in [6.07, 6.45) is 3.88. The lowest BCUT2D eigenvalue weighted by molar-refractivity contribution is 0.00843. The zero-order valence-electron chi connectivity index (χ0n) is 14.0. The highest BCUT2D eigenvalue weighted by atomic mass is 16.5. The maximum atomic E-state index is 12.6. The van der Waals surface area contributed by atoms with Crippen LogP contribution in [0, 0.1) is 0 Å².